The average molecular weight is 339 g/mol. The summed E-state index contributed by atoms with van der Waals surface area (Å²) in [7, 11) is 4.33. The molecular formula is C21H29N3O. The Hall–Kier alpha value is -1.91. The number of nitrogens with zero attached hydrogens (tertiary/aromatic N) is 2. The van der Waals surface area contributed by atoms with Crippen molar-refractivity contribution in [3.05, 3.63) is 42.5 Å². The van der Waals surface area contributed by atoms with Gasteiger partial charge in [0.15, 0.2) is 0 Å². The molecule has 1 atom stereocenters. The van der Waals surface area contributed by atoms with E-state index in [1.165, 1.54) is 25.8 Å². The van der Waals surface area contributed by atoms with Crippen LogP contribution in [0.4, 0.5) is 5.69 Å². The summed E-state index contributed by atoms with van der Waals surface area (Å²) in [5.41, 5.74) is 0.901. The Morgan fingerprint density at radius 3 is 2.84 bits per heavy atom. The van der Waals surface area contributed by atoms with Crippen molar-refractivity contribution in [1.29, 1.82) is 0 Å². The second-order valence-electron chi connectivity index (χ2n) is 7.22. The lowest BCUT2D eigenvalue weighted by atomic mass is 10.0. The number of hydrogen-bond donors (Lipinski definition) is 1. The molecule has 1 heterocycles. The Morgan fingerprint density at radius 1 is 1.20 bits per heavy atom. The molecule has 2 aromatic rings. The number of fused-ring (bicyclic) bond motifs is 1. The molecule has 0 unspecified atom stereocenters. The predicted molar refractivity (Wildman–Crippen MR) is 105 cm³/mol. The highest BCUT2D eigenvalue weighted by Crippen LogP contribution is 2.23. The molecule has 25 heavy (non-hydrogen) atoms. The first-order valence-electron chi connectivity index (χ1n) is 9.30. The van der Waals surface area contributed by atoms with Crippen LogP contribution >= 0.6 is 0 Å². The first kappa shape index (κ1) is 17.9. The lowest BCUT2D eigenvalue weighted by molar-refractivity contribution is -0.116. The normalized spacial score (nSPS) is 18.6. The number of hydrogen-bond acceptors (Lipinski definition) is 3. The van der Waals surface area contributed by atoms with Crippen LogP contribution < -0.4 is 5.32 Å². The van der Waals surface area contributed by atoms with Crippen molar-refractivity contribution in [2.45, 2.75) is 31.7 Å². The number of likely N-dealkylation sites (tertiary alicyclic amines) is 1. The van der Waals surface area contributed by atoms with Gasteiger partial charge in [0.25, 0.3) is 0 Å². The number of carbonyl (C=O) groups excluding carboxylic acids is 1. The number of benzene rings is 2. The fraction of sp³-hybridized carbons (Fsp3) is 0.476. The van der Waals surface area contributed by atoms with Crippen molar-refractivity contribution in [2.75, 3.05) is 39.0 Å². The fourth-order valence-corrected chi connectivity index (χ4v) is 3.67. The van der Waals surface area contributed by atoms with Crippen molar-refractivity contribution < 1.29 is 4.79 Å². The monoisotopic (exact) mass is 339 g/mol. The number of rotatable bonds is 6. The summed E-state index contributed by atoms with van der Waals surface area (Å²) < 4.78 is 0. The number of amides is 1. The Balaban J connectivity index is 1.50. The fourth-order valence-electron chi connectivity index (χ4n) is 3.67. The summed E-state index contributed by atoms with van der Waals surface area (Å²) in [6.45, 7) is 3.03. The Labute approximate surface area is 150 Å². The van der Waals surface area contributed by atoms with Gasteiger partial charge in [0.05, 0.1) is 0 Å². The smallest absolute Gasteiger partial charge is 0.225 e. The van der Waals surface area contributed by atoms with Gasteiger partial charge in [-0.25, -0.2) is 0 Å². The summed E-state index contributed by atoms with van der Waals surface area (Å²) in [6.07, 6.45) is 4.42. The molecule has 1 saturated heterocycles. The summed E-state index contributed by atoms with van der Waals surface area (Å²) in [4.78, 5) is 17.1. The van der Waals surface area contributed by atoms with E-state index in [0.717, 1.165) is 29.5 Å². The second kappa shape index (κ2) is 8.45. The quantitative estimate of drug-likeness (QED) is 0.874. The minimum atomic E-state index is 0.0835. The molecule has 0 aromatic heterocycles. The average Bonchev–Trinajstić information content (AvgIpc) is 2.62. The zero-order valence-electron chi connectivity index (χ0n) is 15.4. The van der Waals surface area contributed by atoms with Gasteiger partial charge >= 0.3 is 0 Å². The maximum atomic E-state index is 12.4. The number of anilines is 1. The number of carbonyl (C=O) groups is 1. The van der Waals surface area contributed by atoms with Crippen molar-refractivity contribution >= 4 is 22.4 Å². The van der Waals surface area contributed by atoms with E-state index in [2.05, 4.69) is 47.4 Å². The molecule has 4 heteroatoms. The maximum absolute atomic E-state index is 12.4. The number of piperidine rings is 1. The van der Waals surface area contributed by atoms with Crippen molar-refractivity contribution in [1.82, 2.24) is 9.80 Å². The zero-order valence-corrected chi connectivity index (χ0v) is 15.4. The van der Waals surface area contributed by atoms with Crippen LogP contribution in [0.2, 0.25) is 0 Å². The molecule has 1 aliphatic heterocycles. The SMILES string of the molecule is CN(CCC(=O)Nc1cccc2ccccc12)C[C@@H]1CCCCN1C. The second-order valence-corrected chi connectivity index (χ2v) is 7.22. The Bertz CT molecular complexity index is 710. The molecule has 1 amide bonds. The molecule has 0 radical (unpaired) electrons. The largest absolute Gasteiger partial charge is 0.325 e. The lowest BCUT2D eigenvalue weighted by Gasteiger charge is -2.35. The van der Waals surface area contributed by atoms with Crippen molar-refractivity contribution in [3.8, 4) is 0 Å². The van der Waals surface area contributed by atoms with E-state index in [1.807, 2.05) is 24.3 Å². The summed E-state index contributed by atoms with van der Waals surface area (Å²) in [5, 5.41) is 5.32. The predicted octanol–water partition coefficient (Wildman–Crippen LogP) is 3.58. The van der Waals surface area contributed by atoms with E-state index < -0.39 is 0 Å². The molecule has 1 N–H and O–H groups in total. The molecule has 0 saturated carbocycles. The summed E-state index contributed by atoms with van der Waals surface area (Å²) >= 11 is 0. The summed E-state index contributed by atoms with van der Waals surface area (Å²) in [6, 6.07) is 14.8. The van der Waals surface area contributed by atoms with E-state index in [4.69, 9.17) is 0 Å². The van der Waals surface area contributed by atoms with E-state index in [1.54, 1.807) is 0 Å². The molecule has 4 nitrogen and oxygen atoms in total. The van der Waals surface area contributed by atoms with Crippen LogP contribution in [0.5, 0.6) is 0 Å². The third kappa shape index (κ3) is 4.80. The minimum Gasteiger partial charge on any atom is -0.325 e. The number of likely N-dealkylation sites (N-methyl/N-ethyl adjacent to an activating group) is 2. The van der Waals surface area contributed by atoms with Crippen LogP contribution in [0.1, 0.15) is 25.7 Å². The van der Waals surface area contributed by atoms with Crippen molar-refractivity contribution in [2.24, 2.45) is 0 Å². The van der Waals surface area contributed by atoms with E-state index in [0.29, 0.717) is 12.5 Å². The van der Waals surface area contributed by atoms with Gasteiger partial charge in [0, 0.05) is 36.6 Å². The number of nitrogens with one attached hydrogen (secondary N) is 1. The molecular weight excluding hydrogens is 310 g/mol. The highest BCUT2D eigenvalue weighted by Gasteiger charge is 2.20. The first-order chi connectivity index (χ1) is 12.1. The van der Waals surface area contributed by atoms with Gasteiger partial charge in [0.2, 0.25) is 5.91 Å². The van der Waals surface area contributed by atoms with E-state index in [9.17, 15) is 4.79 Å². The maximum Gasteiger partial charge on any atom is 0.225 e. The van der Waals surface area contributed by atoms with Crippen LogP contribution in [0, 0.1) is 0 Å². The molecule has 2 aromatic carbocycles. The molecule has 0 bridgehead atoms. The van der Waals surface area contributed by atoms with Gasteiger partial charge in [-0.05, 0) is 44.9 Å². The van der Waals surface area contributed by atoms with Crippen LogP contribution in [0.25, 0.3) is 10.8 Å². The topological polar surface area (TPSA) is 35.6 Å². The van der Waals surface area contributed by atoms with Crippen LogP contribution in [-0.4, -0.2) is 55.5 Å². The van der Waals surface area contributed by atoms with Crippen molar-refractivity contribution in [3.63, 3.8) is 0 Å². The van der Waals surface area contributed by atoms with Gasteiger partial charge in [-0.3, -0.25) is 4.79 Å². The van der Waals surface area contributed by atoms with Gasteiger partial charge in [-0.1, -0.05) is 42.8 Å². The van der Waals surface area contributed by atoms with Gasteiger partial charge in [-0.2, -0.15) is 0 Å². The first-order valence-corrected chi connectivity index (χ1v) is 9.30. The highest BCUT2D eigenvalue weighted by atomic mass is 16.1. The lowest BCUT2D eigenvalue weighted by Crippen LogP contribution is -2.44. The molecule has 1 fully saturated rings. The highest BCUT2D eigenvalue weighted by molar-refractivity contribution is 6.02. The van der Waals surface area contributed by atoms with Crippen LogP contribution in [0.3, 0.4) is 0 Å². The Kier molecular flexibility index (Phi) is 6.05. The molecule has 1 aliphatic rings. The van der Waals surface area contributed by atoms with E-state index in [-0.39, 0.29) is 5.91 Å². The Morgan fingerprint density at radius 2 is 2.00 bits per heavy atom. The molecule has 134 valence electrons. The molecule has 3 rings (SSSR count). The standard InChI is InChI=1S/C21H29N3O/c1-23(16-18-10-5-6-14-24(18)2)15-13-21(25)22-20-12-7-9-17-8-3-4-11-19(17)20/h3-4,7-9,11-12,18H,5-6,10,13-16H2,1-2H3,(H,22,25)/t18-/m0/s1. The van der Waals surface area contributed by atoms with Gasteiger partial charge < -0.3 is 15.1 Å². The van der Waals surface area contributed by atoms with Gasteiger partial charge in [0.1, 0.15) is 0 Å². The van der Waals surface area contributed by atoms with E-state index >= 15 is 0 Å². The molecule has 0 spiro atoms. The third-order valence-electron chi connectivity index (χ3n) is 5.23. The summed E-state index contributed by atoms with van der Waals surface area (Å²) in [5.74, 6) is 0.0835. The minimum absolute atomic E-state index is 0.0835. The zero-order chi connectivity index (χ0) is 17.6. The van der Waals surface area contributed by atoms with Gasteiger partial charge in [-0.15, -0.1) is 0 Å². The van der Waals surface area contributed by atoms with Crippen LogP contribution in [0.15, 0.2) is 42.5 Å². The molecule has 0 aliphatic carbocycles. The third-order valence-corrected chi connectivity index (χ3v) is 5.23. The van der Waals surface area contributed by atoms with Crippen LogP contribution in [-0.2, 0) is 4.79 Å².